The van der Waals surface area contributed by atoms with Gasteiger partial charge in [-0.05, 0) is 44.1 Å². The van der Waals surface area contributed by atoms with Crippen LogP contribution in [0.1, 0.15) is 71.1 Å². The van der Waals surface area contributed by atoms with E-state index in [1.807, 2.05) is 0 Å². The molecule has 0 amide bonds. The molecule has 1 aliphatic heterocycles. The van der Waals surface area contributed by atoms with Crippen LogP contribution in [0, 0.1) is 11.8 Å². The van der Waals surface area contributed by atoms with Gasteiger partial charge in [-0.1, -0.05) is 26.2 Å². The SMILES string of the molecule is CCCCC(O)CCC[C@@H]1[C@@H]2[C@H](C[C@H]1O)O/C(=C\CCCC(=O)O)[C@@H]2F. The van der Waals surface area contributed by atoms with E-state index >= 15 is 0 Å². The summed E-state index contributed by atoms with van der Waals surface area (Å²) in [6.07, 6.45) is 5.78. The zero-order chi connectivity index (χ0) is 19.1. The molecule has 6 heteroatoms. The van der Waals surface area contributed by atoms with Crippen molar-refractivity contribution in [2.45, 2.75) is 95.6 Å². The molecule has 0 aromatic carbocycles. The third kappa shape index (κ3) is 5.68. The van der Waals surface area contributed by atoms with Crippen LogP contribution >= 0.6 is 0 Å². The minimum absolute atomic E-state index is 0.0648. The van der Waals surface area contributed by atoms with Gasteiger partial charge in [-0.15, -0.1) is 0 Å². The lowest BCUT2D eigenvalue weighted by atomic mass is 9.85. The second-order valence-electron chi connectivity index (χ2n) is 7.72. The minimum Gasteiger partial charge on any atom is -0.491 e. The summed E-state index contributed by atoms with van der Waals surface area (Å²) in [5, 5.41) is 28.9. The number of unbranched alkanes of at least 4 members (excludes halogenated alkanes) is 2. The maximum Gasteiger partial charge on any atom is 0.303 e. The Labute approximate surface area is 155 Å². The van der Waals surface area contributed by atoms with E-state index in [0.717, 1.165) is 25.7 Å². The van der Waals surface area contributed by atoms with Gasteiger partial charge in [-0.25, -0.2) is 4.39 Å². The van der Waals surface area contributed by atoms with Crippen molar-refractivity contribution in [3.8, 4) is 0 Å². The molecule has 1 saturated carbocycles. The van der Waals surface area contributed by atoms with Gasteiger partial charge in [0.15, 0.2) is 6.17 Å². The number of hydrogen-bond donors (Lipinski definition) is 3. The molecule has 5 nitrogen and oxygen atoms in total. The average molecular weight is 372 g/mol. The molecule has 2 rings (SSSR count). The molecule has 3 N–H and O–H groups in total. The van der Waals surface area contributed by atoms with Gasteiger partial charge in [0, 0.05) is 18.8 Å². The number of hydrogen-bond acceptors (Lipinski definition) is 4. The van der Waals surface area contributed by atoms with Gasteiger partial charge in [0.2, 0.25) is 0 Å². The molecule has 1 unspecified atom stereocenters. The molecular formula is C20H33FO5. The van der Waals surface area contributed by atoms with Gasteiger partial charge in [-0.3, -0.25) is 4.79 Å². The Morgan fingerprint density at radius 1 is 1.35 bits per heavy atom. The standard InChI is InChI=1S/C20H33FO5/c1-2-3-7-13(22)8-6-9-14-15(23)12-17-19(14)20(21)16(26-17)10-4-5-11-18(24)25/h10,13-15,17,19-20,22-23H,2-9,11-12H2,1H3,(H,24,25)/b16-10-/t13?,14-,15+,17-,19+,20-/m0/s1. The summed E-state index contributed by atoms with van der Waals surface area (Å²) in [5.74, 6) is -1.01. The van der Waals surface area contributed by atoms with Crippen LogP contribution in [-0.4, -0.2) is 45.8 Å². The molecule has 1 aliphatic carbocycles. The Hall–Kier alpha value is -1.14. The van der Waals surface area contributed by atoms with Crippen LogP contribution in [0.25, 0.3) is 0 Å². The summed E-state index contributed by atoms with van der Waals surface area (Å²) in [5.41, 5.74) is 0. The number of carbonyl (C=O) groups is 1. The second kappa shape index (κ2) is 10.3. The number of carboxylic acid groups (broad SMARTS) is 1. The molecule has 0 aromatic rings. The third-order valence-electron chi connectivity index (χ3n) is 5.69. The van der Waals surface area contributed by atoms with Crippen LogP contribution in [0.5, 0.6) is 0 Å². The molecular weight excluding hydrogens is 339 g/mol. The van der Waals surface area contributed by atoms with Gasteiger partial charge in [0.05, 0.1) is 12.2 Å². The van der Waals surface area contributed by atoms with Gasteiger partial charge >= 0.3 is 5.97 Å². The van der Waals surface area contributed by atoms with Crippen molar-refractivity contribution in [2.75, 3.05) is 0 Å². The molecule has 2 aliphatic rings. The summed E-state index contributed by atoms with van der Waals surface area (Å²) in [4.78, 5) is 10.5. The lowest BCUT2D eigenvalue weighted by Gasteiger charge is -2.22. The highest BCUT2D eigenvalue weighted by Gasteiger charge is 2.53. The maximum atomic E-state index is 14.8. The summed E-state index contributed by atoms with van der Waals surface area (Å²) >= 11 is 0. The Bertz CT molecular complexity index is 481. The third-order valence-corrected chi connectivity index (χ3v) is 5.69. The number of alkyl halides is 1. The predicted octanol–water partition coefficient (Wildman–Crippen LogP) is 3.58. The molecule has 0 bridgehead atoms. The normalized spacial score (nSPS) is 33.2. The van der Waals surface area contributed by atoms with Crippen LogP contribution in [0.3, 0.4) is 0 Å². The van der Waals surface area contributed by atoms with Gasteiger partial charge in [-0.2, -0.15) is 0 Å². The number of allylic oxidation sites excluding steroid dienone is 2. The monoisotopic (exact) mass is 372 g/mol. The lowest BCUT2D eigenvalue weighted by Crippen LogP contribution is -2.26. The van der Waals surface area contributed by atoms with E-state index < -0.39 is 18.2 Å². The first-order valence-corrected chi connectivity index (χ1v) is 10.0. The summed E-state index contributed by atoms with van der Waals surface area (Å²) < 4.78 is 20.5. The van der Waals surface area contributed by atoms with E-state index in [0.29, 0.717) is 37.9 Å². The molecule has 0 radical (unpaired) electrons. The molecule has 26 heavy (non-hydrogen) atoms. The topological polar surface area (TPSA) is 87.0 Å². The van der Waals surface area contributed by atoms with Crippen LogP contribution in [0.4, 0.5) is 4.39 Å². The van der Waals surface area contributed by atoms with Crippen LogP contribution in [0.2, 0.25) is 0 Å². The van der Waals surface area contributed by atoms with Crippen molar-refractivity contribution in [3.63, 3.8) is 0 Å². The van der Waals surface area contributed by atoms with Crippen LogP contribution < -0.4 is 0 Å². The second-order valence-corrected chi connectivity index (χ2v) is 7.72. The molecule has 150 valence electrons. The van der Waals surface area contributed by atoms with Crippen molar-refractivity contribution in [3.05, 3.63) is 11.8 Å². The van der Waals surface area contributed by atoms with Gasteiger partial charge < -0.3 is 20.1 Å². The number of rotatable bonds is 11. The Morgan fingerprint density at radius 3 is 2.77 bits per heavy atom. The van der Waals surface area contributed by atoms with Crippen molar-refractivity contribution >= 4 is 5.97 Å². The van der Waals surface area contributed by atoms with Crippen molar-refractivity contribution in [2.24, 2.45) is 11.8 Å². The van der Waals surface area contributed by atoms with Crippen LogP contribution in [-0.2, 0) is 9.53 Å². The maximum absolute atomic E-state index is 14.8. The Kier molecular flexibility index (Phi) is 8.35. The predicted molar refractivity (Wildman–Crippen MR) is 96.3 cm³/mol. The first kappa shape index (κ1) is 21.2. The molecule has 2 fully saturated rings. The molecule has 0 aromatic heterocycles. The van der Waals surface area contributed by atoms with E-state index in [9.17, 15) is 19.4 Å². The number of aliphatic hydroxyl groups is 2. The van der Waals surface area contributed by atoms with Crippen LogP contribution in [0.15, 0.2) is 11.8 Å². The van der Waals surface area contributed by atoms with Gasteiger partial charge in [0.1, 0.15) is 11.9 Å². The minimum atomic E-state index is -1.23. The Morgan fingerprint density at radius 2 is 2.08 bits per heavy atom. The zero-order valence-corrected chi connectivity index (χ0v) is 15.6. The highest BCUT2D eigenvalue weighted by molar-refractivity contribution is 5.66. The number of aliphatic carboxylic acids is 1. The van der Waals surface area contributed by atoms with Crippen molar-refractivity contribution < 1.29 is 29.2 Å². The average Bonchev–Trinajstić information content (AvgIpc) is 3.05. The van der Waals surface area contributed by atoms with E-state index in [-0.39, 0.29) is 30.5 Å². The summed E-state index contributed by atoms with van der Waals surface area (Å²) in [7, 11) is 0. The summed E-state index contributed by atoms with van der Waals surface area (Å²) in [6, 6.07) is 0. The van der Waals surface area contributed by atoms with E-state index in [1.165, 1.54) is 0 Å². The largest absolute Gasteiger partial charge is 0.491 e. The fraction of sp³-hybridized carbons (Fsp3) is 0.850. The highest BCUT2D eigenvalue weighted by atomic mass is 19.1. The quantitative estimate of drug-likeness (QED) is 0.483. The molecule has 6 atom stereocenters. The number of aliphatic hydroxyl groups excluding tert-OH is 2. The fourth-order valence-corrected chi connectivity index (χ4v) is 4.28. The fourth-order valence-electron chi connectivity index (χ4n) is 4.28. The molecule has 0 spiro atoms. The number of fused-ring (bicyclic) bond motifs is 1. The smallest absolute Gasteiger partial charge is 0.303 e. The van der Waals surface area contributed by atoms with E-state index in [2.05, 4.69) is 6.92 Å². The van der Waals surface area contributed by atoms with Gasteiger partial charge in [0.25, 0.3) is 0 Å². The first-order chi connectivity index (χ1) is 12.4. The van der Waals surface area contributed by atoms with E-state index in [4.69, 9.17) is 9.84 Å². The molecule has 1 saturated heterocycles. The van der Waals surface area contributed by atoms with Crippen molar-refractivity contribution in [1.29, 1.82) is 0 Å². The lowest BCUT2D eigenvalue weighted by molar-refractivity contribution is -0.137. The number of carboxylic acids is 1. The van der Waals surface area contributed by atoms with E-state index in [1.54, 1.807) is 6.08 Å². The summed E-state index contributed by atoms with van der Waals surface area (Å²) in [6.45, 7) is 2.09. The van der Waals surface area contributed by atoms with Crippen molar-refractivity contribution in [1.82, 2.24) is 0 Å². The highest BCUT2D eigenvalue weighted by Crippen LogP contribution is 2.48. The number of ether oxygens (including phenoxy) is 1. The first-order valence-electron chi connectivity index (χ1n) is 10.0. The number of halogens is 1. The Balaban J connectivity index is 1.82. The zero-order valence-electron chi connectivity index (χ0n) is 15.6. The molecule has 1 heterocycles.